The molecule has 244 valence electrons. The summed E-state index contributed by atoms with van der Waals surface area (Å²) in [4.78, 5) is 42.4. The van der Waals surface area contributed by atoms with E-state index in [4.69, 9.17) is 36.8 Å². The zero-order valence-corrected chi connectivity index (χ0v) is 26.9. The topological polar surface area (TPSA) is 126 Å². The maximum Gasteiger partial charge on any atom is 0.410 e. The standard InChI is InChI=1S/C35H38ClN7O4/c36-28-10-4-8-24-9-5-11-30(32(24)28)41-15-13-27-29(21-41)39-34-40-33(27)43-17-16-42(35(45)46-22-23-6-2-1-3-7-23)20-25(43)18-31(44)38-14-12-26(19-37)47-34/h1-11,25-26H,12-22,37H2,(H,38,44). The van der Waals surface area contributed by atoms with E-state index in [1.807, 2.05) is 48.5 Å². The number of anilines is 2. The fourth-order valence-corrected chi connectivity index (χ4v) is 7.02. The number of amides is 2. The number of halogens is 1. The maximum absolute atomic E-state index is 13.2. The van der Waals surface area contributed by atoms with Crippen molar-refractivity contribution in [2.75, 3.05) is 49.1 Å². The Morgan fingerprint density at radius 3 is 2.70 bits per heavy atom. The fraction of sp³-hybridized carbons (Fsp3) is 0.371. The van der Waals surface area contributed by atoms with Crippen molar-refractivity contribution in [3.8, 4) is 6.01 Å². The highest BCUT2D eigenvalue weighted by atomic mass is 35.5. The molecule has 2 bridgehead atoms. The van der Waals surface area contributed by atoms with Gasteiger partial charge < -0.3 is 35.2 Å². The second-order valence-corrected chi connectivity index (χ2v) is 12.6. The number of benzene rings is 3. The summed E-state index contributed by atoms with van der Waals surface area (Å²) in [6.45, 7) is 3.35. The van der Waals surface area contributed by atoms with Crippen LogP contribution in [0.4, 0.5) is 16.3 Å². The number of nitrogens with one attached hydrogen (secondary N) is 1. The number of nitrogens with zero attached hydrogens (tertiary/aromatic N) is 5. The van der Waals surface area contributed by atoms with E-state index < -0.39 is 6.09 Å². The van der Waals surface area contributed by atoms with Crippen LogP contribution in [0.3, 0.4) is 0 Å². The minimum atomic E-state index is -0.399. The van der Waals surface area contributed by atoms with Crippen LogP contribution in [0, 0.1) is 0 Å². The van der Waals surface area contributed by atoms with Gasteiger partial charge in [-0.05, 0) is 29.5 Å². The summed E-state index contributed by atoms with van der Waals surface area (Å²) >= 11 is 6.71. The van der Waals surface area contributed by atoms with Crippen LogP contribution in [0.15, 0.2) is 66.7 Å². The average molecular weight is 656 g/mol. The lowest BCUT2D eigenvalue weighted by atomic mass is 10.00. The molecule has 47 heavy (non-hydrogen) atoms. The van der Waals surface area contributed by atoms with E-state index in [0.29, 0.717) is 50.6 Å². The summed E-state index contributed by atoms with van der Waals surface area (Å²) in [7, 11) is 0. The maximum atomic E-state index is 13.2. The van der Waals surface area contributed by atoms with Crippen LogP contribution >= 0.6 is 11.6 Å². The van der Waals surface area contributed by atoms with Gasteiger partial charge in [0.25, 0.3) is 0 Å². The van der Waals surface area contributed by atoms with Gasteiger partial charge in [0.05, 0.1) is 23.3 Å². The van der Waals surface area contributed by atoms with Crippen molar-refractivity contribution >= 4 is 45.9 Å². The first-order valence-corrected chi connectivity index (χ1v) is 16.5. The number of ether oxygens (including phenoxy) is 2. The first-order chi connectivity index (χ1) is 23.0. The SMILES string of the molecule is NCC1CCNC(=O)CC2CN(C(=O)OCc3ccccc3)CCN2c2nc(nc3c2CCN(c2cccc4cccc(Cl)c24)C3)O1. The Labute approximate surface area is 278 Å². The lowest BCUT2D eigenvalue weighted by Gasteiger charge is -2.43. The van der Waals surface area contributed by atoms with Crippen molar-refractivity contribution in [3.63, 3.8) is 0 Å². The van der Waals surface area contributed by atoms with E-state index in [9.17, 15) is 9.59 Å². The highest BCUT2D eigenvalue weighted by Gasteiger charge is 2.36. The predicted octanol–water partition coefficient (Wildman–Crippen LogP) is 4.29. The van der Waals surface area contributed by atoms with Gasteiger partial charge >= 0.3 is 12.1 Å². The van der Waals surface area contributed by atoms with Crippen molar-refractivity contribution in [3.05, 3.63) is 88.6 Å². The van der Waals surface area contributed by atoms with Crippen molar-refractivity contribution in [2.45, 2.75) is 44.6 Å². The fourth-order valence-electron chi connectivity index (χ4n) is 6.74. The highest BCUT2D eigenvalue weighted by molar-refractivity contribution is 6.36. The Hall–Kier alpha value is -4.61. The summed E-state index contributed by atoms with van der Waals surface area (Å²) in [6.07, 6.45) is 0.647. The highest BCUT2D eigenvalue weighted by Crippen LogP contribution is 2.38. The average Bonchev–Trinajstić information content (AvgIpc) is 3.09. The molecule has 2 amide bonds. The molecule has 1 fully saturated rings. The smallest absolute Gasteiger partial charge is 0.410 e. The normalized spacial score (nSPS) is 19.9. The van der Waals surface area contributed by atoms with Crippen molar-refractivity contribution in [2.24, 2.45) is 5.73 Å². The lowest BCUT2D eigenvalue weighted by Crippen LogP contribution is -2.57. The van der Waals surface area contributed by atoms with Crippen LogP contribution in [0.2, 0.25) is 5.02 Å². The number of nitrogens with two attached hydrogens (primary N) is 1. The van der Waals surface area contributed by atoms with Crippen molar-refractivity contribution in [1.82, 2.24) is 20.2 Å². The van der Waals surface area contributed by atoms with Crippen LogP contribution in [0.25, 0.3) is 10.8 Å². The van der Waals surface area contributed by atoms with Gasteiger partial charge in [0.1, 0.15) is 18.5 Å². The number of rotatable bonds is 4. The number of aromatic nitrogens is 2. The largest absolute Gasteiger partial charge is 0.459 e. The zero-order chi connectivity index (χ0) is 32.3. The molecule has 4 aromatic rings. The summed E-state index contributed by atoms with van der Waals surface area (Å²) in [5, 5.41) is 5.80. The minimum absolute atomic E-state index is 0.0991. The predicted molar refractivity (Wildman–Crippen MR) is 181 cm³/mol. The van der Waals surface area contributed by atoms with Gasteiger partial charge in [0.15, 0.2) is 0 Å². The molecule has 7 rings (SSSR count). The van der Waals surface area contributed by atoms with E-state index in [-0.39, 0.29) is 43.6 Å². The molecule has 3 N–H and O–H groups in total. The van der Waals surface area contributed by atoms with Crippen LogP contribution < -0.4 is 25.6 Å². The molecule has 1 aromatic heterocycles. The van der Waals surface area contributed by atoms with Crippen LogP contribution in [0.1, 0.15) is 29.7 Å². The van der Waals surface area contributed by atoms with E-state index >= 15 is 0 Å². The molecule has 2 unspecified atom stereocenters. The molecule has 0 saturated carbocycles. The molecule has 4 heterocycles. The first-order valence-electron chi connectivity index (χ1n) is 16.1. The van der Waals surface area contributed by atoms with Gasteiger partial charge in [-0.25, -0.2) is 4.79 Å². The molecule has 2 atom stereocenters. The molecule has 1 saturated heterocycles. The van der Waals surface area contributed by atoms with E-state index in [2.05, 4.69) is 33.3 Å². The summed E-state index contributed by atoms with van der Waals surface area (Å²) in [5.74, 6) is 0.644. The molecule has 3 aliphatic heterocycles. The zero-order valence-electron chi connectivity index (χ0n) is 26.1. The third kappa shape index (κ3) is 6.63. The lowest BCUT2D eigenvalue weighted by molar-refractivity contribution is -0.121. The number of hydrogen-bond acceptors (Lipinski definition) is 9. The second kappa shape index (κ2) is 13.6. The van der Waals surface area contributed by atoms with Gasteiger partial charge in [0.2, 0.25) is 5.91 Å². The summed E-state index contributed by atoms with van der Waals surface area (Å²) < 4.78 is 11.9. The number of fused-ring (bicyclic) bond motifs is 7. The van der Waals surface area contributed by atoms with Crippen LogP contribution in [-0.4, -0.2) is 78.3 Å². The Kier molecular flexibility index (Phi) is 8.99. The number of carbonyl (C=O) groups is 2. The Morgan fingerprint density at radius 1 is 1.04 bits per heavy atom. The molecule has 0 spiro atoms. The van der Waals surface area contributed by atoms with Crippen molar-refractivity contribution < 1.29 is 19.1 Å². The van der Waals surface area contributed by atoms with E-state index in [0.717, 1.165) is 45.6 Å². The second-order valence-electron chi connectivity index (χ2n) is 12.2. The molecule has 0 radical (unpaired) electrons. The van der Waals surface area contributed by atoms with Gasteiger partial charge in [-0.15, -0.1) is 0 Å². The van der Waals surface area contributed by atoms with Gasteiger partial charge in [-0.2, -0.15) is 9.97 Å². The van der Waals surface area contributed by atoms with E-state index in [1.165, 1.54) is 0 Å². The number of hydrogen-bond donors (Lipinski definition) is 2. The molecule has 12 heteroatoms. The Bertz CT molecular complexity index is 1770. The molecule has 11 nitrogen and oxygen atoms in total. The Morgan fingerprint density at radius 2 is 1.87 bits per heavy atom. The summed E-state index contributed by atoms with van der Waals surface area (Å²) in [5.41, 5.74) is 9.91. The Balaban J connectivity index is 1.21. The minimum Gasteiger partial charge on any atom is -0.459 e. The van der Waals surface area contributed by atoms with Gasteiger partial charge in [-0.1, -0.05) is 66.2 Å². The van der Waals surface area contributed by atoms with Crippen molar-refractivity contribution in [1.29, 1.82) is 0 Å². The molecule has 3 aliphatic rings. The monoisotopic (exact) mass is 655 g/mol. The molecular formula is C35H38ClN7O4. The van der Waals surface area contributed by atoms with Gasteiger partial charge in [-0.3, -0.25) is 4.79 Å². The van der Waals surface area contributed by atoms with Gasteiger partial charge in [0, 0.05) is 68.7 Å². The van der Waals surface area contributed by atoms with E-state index in [1.54, 1.807) is 4.90 Å². The first kappa shape index (κ1) is 31.0. The number of piperazine rings is 1. The van der Waals surface area contributed by atoms with Crippen LogP contribution in [0.5, 0.6) is 6.01 Å². The molecule has 3 aromatic carbocycles. The third-order valence-corrected chi connectivity index (χ3v) is 9.47. The summed E-state index contributed by atoms with van der Waals surface area (Å²) in [6, 6.07) is 21.7. The molecule has 0 aliphatic carbocycles. The quantitative estimate of drug-likeness (QED) is 0.331. The third-order valence-electron chi connectivity index (χ3n) is 9.16. The van der Waals surface area contributed by atoms with Crippen LogP contribution in [-0.2, 0) is 29.1 Å². The number of carbonyl (C=O) groups excluding carboxylic acids is 2. The molecular weight excluding hydrogens is 618 g/mol.